The number of sulfonamides is 1. The highest BCUT2D eigenvalue weighted by atomic mass is 35.5. The summed E-state index contributed by atoms with van der Waals surface area (Å²) in [7, 11) is -3.93. The molecule has 2 aromatic rings. The third kappa shape index (κ3) is 4.71. The van der Waals surface area contributed by atoms with Crippen LogP contribution in [-0.4, -0.2) is 38.4 Å². The van der Waals surface area contributed by atoms with Crippen LogP contribution in [0.5, 0.6) is 0 Å². The highest BCUT2D eigenvalue weighted by Gasteiger charge is 2.24. The van der Waals surface area contributed by atoms with Crippen molar-refractivity contribution in [3.8, 4) is 0 Å². The molecule has 1 amide bonds. The van der Waals surface area contributed by atoms with Crippen molar-refractivity contribution in [1.82, 2.24) is 4.90 Å². The molecule has 1 aliphatic heterocycles. The quantitative estimate of drug-likeness (QED) is 0.703. The number of hydrogen-bond donors (Lipinski definition) is 2. The average Bonchev–Trinajstić information content (AvgIpc) is 3.16. The van der Waals surface area contributed by atoms with E-state index in [2.05, 4.69) is 10.0 Å². The van der Waals surface area contributed by atoms with Crippen molar-refractivity contribution in [1.29, 1.82) is 0 Å². The fourth-order valence-corrected chi connectivity index (χ4v) is 5.31. The number of rotatable bonds is 6. The molecule has 3 rings (SSSR count). The Hall–Kier alpha value is -1.96. The van der Waals surface area contributed by atoms with E-state index in [0.717, 1.165) is 31.6 Å². The van der Waals surface area contributed by atoms with E-state index in [1.54, 1.807) is 30.3 Å². The second kappa shape index (κ2) is 8.59. The Morgan fingerprint density at radius 1 is 1.00 bits per heavy atom. The number of halogens is 2. The van der Waals surface area contributed by atoms with E-state index in [0.29, 0.717) is 5.69 Å². The van der Waals surface area contributed by atoms with Crippen LogP contribution in [0.25, 0.3) is 0 Å². The molecule has 2 N–H and O–H groups in total. The molecule has 1 atom stereocenters. The Kier molecular flexibility index (Phi) is 6.37. The van der Waals surface area contributed by atoms with Crippen LogP contribution in [0.4, 0.5) is 11.4 Å². The number of carbonyl (C=O) groups excluding carboxylic acids is 1. The summed E-state index contributed by atoms with van der Waals surface area (Å²) < 4.78 is 27.7. The average molecular weight is 442 g/mol. The lowest BCUT2D eigenvalue weighted by atomic mass is 10.2. The van der Waals surface area contributed by atoms with E-state index in [1.165, 1.54) is 12.1 Å². The molecule has 0 aliphatic carbocycles. The minimum absolute atomic E-state index is 0.0486. The third-order valence-electron chi connectivity index (χ3n) is 4.50. The number of hydrogen-bond acceptors (Lipinski definition) is 4. The first-order valence-electron chi connectivity index (χ1n) is 8.90. The van der Waals surface area contributed by atoms with Crippen LogP contribution in [0.15, 0.2) is 47.4 Å². The molecule has 1 aliphatic rings. The molecule has 9 heteroatoms. The SMILES string of the molecule is C[C@@H](Nc1ccc(NS(=O)(=O)c2c(Cl)cccc2Cl)cc1)C(=O)N1CCCC1. The van der Waals surface area contributed by atoms with E-state index < -0.39 is 10.0 Å². The van der Waals surface area contributed by atoms with Gasteiger partial charge in [0.2, 0.25) is 5.91 Å². The summed E-state index contributed by atoms with van der Waals surface area (Å²) in [6.45, 7) is 3.42. The highest BCUT2D eigenvalue weighted by molar-refractivity contribution is 7.93. The van der Waals surface area contributed by atoms with Gasteiger partial charge in [-0.1, -0.05) is 29.3 Å². The highest BCUT2D eigenvalue weighted by Crippen LogP contribution is 2.30. The van der Waals surface area contributed by atoms with Crippen molar-refractivity contribution >= 4 is 50.5 Å². The molecule has 1 fully saturated rings. The summed E-state index contributed by atoms with van der Waals surface area (Å²) in [4.78, 5) is 14.1. The summed E-state index contributed by atoms with van der Waals surface area (Å²) >= 11 is 12.0. The molecule has 0 unspecified atom stereocenters. The predicted molar refractivity (Wildman–Crippen MR) is 113 cm³/mol. The Morgan fingerprint density at radius 2 is 1.54 bits per heavy atom. The number of amides is 1. The van der Waals surface area contributed by atoms with Gasteiger partial charge in [0.15, 0.2) is 0 Å². The van der Waals surface area contributed by atoms with Crippen molar-refractivity contribution in [2.75, 3.05) is 23.1 Å². The van der Waals surface area contributed by atoms with Crippen LogP contribution in [-0.2, 0) is 14.8 Å². The summed E-state index contributed by atoms with van der Waals surface area (Å²) in [5.74, 6) is 0.0654. The first-order chi connectivity index (χ1) is 13.3. The van der Waals surface area contributed by atoms with Crippen LogP contribution >= 0.6 is 23.2 Å². The van der Waals surface area contributed by atoms with Gasteiger partial charge in [0.25, 0.3) is 10.0 Å². The molecule has 28 heavy (non-hydrogen) atoms. The van der Waals surface area contributed by atoms with Gasteiger partial charge in [-0.15, -0.1) is 0 Å². The number of nitrogens with zero attached hydrogens (tertiary/aromatic N) is 1. The second-order valence-corrected chi connectivity index (χ2v) is 9.07. The minimum Gasteiger partial charge on any atom is -0.374 e. The number of carbonyl (C=O) groups is 1. The Balaban J connectivity index is 1.68. The van der Waals surface area contributed by atoms with Gasteiger partial charge in [0.05, 0.1) is 10.0 Å². The smallest absolute Gasteiger partial charge is 0.264 e. The Bertz CT molecular complexity index is 939. The van der Waals surface area contributed by atoms with Gasteiger partial charge >= 0.3 is 0 Å². The zero-order valence-corrected chi connectivity index (χ0v) is 17.6. The van der Waals surface area contributed by atoms with Gasteiger partial charge < -0.3 is 10.2 Å². The van der Waals surface area contributed by atoms with Crippen LogP contribution in [0, 0.1) is 0 Å². The zero-order valence-electron chi connectivity index (χ0n) is 15.3. The second-order valence-electron chi connectivity index (χ2n) is 6.63. The standard InChI is InChI=1S/C19H21Cl2N3O3S/c1-13(19(25)24-11-2-3-12-24)22-14-7-9-15(10-8-14)23-28(26,27)18-16(20)5-4-6-17(18)21/h4-10,13,22-23H,2-3,11-12H2,1H3/t13-/m1/s1. The van der Waals surface area contributed by atoms with E-state index >= 15 is 0 Å². The van der Waals surface area contributed by atoms with E-state index in [9.17, 15) is 13.2 Å². The molecule has 150 valence electrons. The Morgan fingerprint density at radius 3 is 2.11 bits per heavy atom. The molecule has 0 saturated carbocycles. The van der Waals surface area contributed by atoms with E-state index in [-0.39, 0.29) is 26.9 Å². The minimum atomic E-state index is -3.93. The normalized spacial score (nSPS) is 15.3. The number of anilines is 2. The zero-order chi connectivity index (χ0) is 20.3. The predicted octanol–water partition coefficient (Wildman–Crippen LogP) is 4.22. The van der Waals surface area contributed by atoms with Crippen molar-refractivity contribution in [3.05, 3.63) is 52.5 Å². The molecular formula is C19H21Cl2N3O3S. The lowest BCUT2D eigenvalue weighted by molar-refractivity contribution is -0.130. The molecule has 0 bridgehead atoms. The van der Waals surface area contributed by atoms with Gasteiger partial charge in [-0.25, -0.2) is 8.42 Å². The monoisotopic (exact) mass is 441 g/mol. The first kappa shape index (κ1) is 20.8. The summed E-state index contributed by atoms with van der Waals surface area (Å²) in [5.41, 5.74) is 1.08. The maximum Gasteiger partial charge on any atom is 0.264 e. The first-order valence-corrected chi connectivity index (χ1v) is 11.1. The summed E-state index contributed by atoms with van der Waals surface area (Å²) in [6, 6.07) is 10.8. The summed E-state index contributed by atoms with van der Waals surface area (Å²) in [6.07, 6.45) is 2.09. The lowest BCUT2D eigenvalue weighted by Gasteiger charge is -2.22. The van der Waals surface area contributed by atoms with Gasteiger partial charge in [-0.3, -0.25) is 9.52 Å². The van der Waals surface area contributed by atoms with E-state index in [1.807, 2.05) is 11.8 Å². The topological polar surface area (TPSA) is 78.5 Å². The van der Waals surface area contributed by atoms with Gasteiger partial charge in [0, 0.05) is 24.5 Å². The van der Waals surface area contributed by atoms with Crippen molar-refractivity contribution in [2.45, 2.75) is 30.7 Å². The lowest BCUT2D eigenvalue weighted by Crippen LogP contribution is -2.39. The molecule has 2 aromatic carbocycles. The molecule has 0 radical (unpaired) electrons. The summed E-state index contributed by atoms with van der Waals surface area (Å²) in [5, 5.41) is 3.25. The fraction of sp³-hybridized carbons (Fsp3) is 0.316. The maximum atomic E-state index is 12.6. The molecular weight excluding hydrogens is 421 g/mol. The number of benzene rings is 2. The fourth-order valence-electron chi connectivity index (χ4n) is 3.10. The van der Waals surface area contributed by atoms with Crippen molar-refractivity contribution in [2.24, 2.45) is 0 Å². The number of likely N-dealkylation sites (tertiary alicyclic amines) is 1. The van der Waals surface area contributed by atoms with Crippen molar-refractivity contribution in [3.63, 3.8) is 0 Å². The van der Waals surface area contributed by atoms with Gasteiger partial charge in [-0.2, -0.15) is 0 Å². The van der Waals surface area contributed by atoms with Gasteiger partial charge in [0.1, 0.15) is 10.9 Å². The van der Waals surface area contributed by atoms with E-state index in [4.69, 9.17) is 23.2 Å². The molecule has 1 heterocycles. The molecule has 0 spiro atoms. The van der Waals surface area contributed by atoms with Crippen molar-refractivity contribution < 1.29 is 13.2 Å². The molecule has 1 saturated heterocycles. The third-order valence-corrected chi connectivity index (χ3v) is 6.83. The van der Waals surface area contributed by atoms with Crippen LogP contribution in [0.1, 0.15) is 19.8 Å². The Labute approximate surface area is 174 Å². The largest absolute Gasteiger partial charge is 0.374 e. The number of nitrogens with one attached hydrogen (secondary N) is 2. The molecule has 0 aromatic heterocycles. The molecule has 6 nitrogen and oxygen atoms in total. The van der Waals surface area contributed by atoms with Crippen LogP contribution in [0.2, 0.25) is 10.0 Å². The van der Waals surface area contributed by atoms with Crippen LogP contribution in [0.3, 0.4) is 0 Å². The van der Waals surface area contributed by atoms with Crippen LogP contribution < -0.4 is 10.0 Å². The van der Waals surface area contributed by atoms with Gasteiger partial charge in [-0.05, 0) is 56.2 Å². The maximum absolute atomic E-state index is 12.6.